The van der Waals surface area contributed by atoms with Gasteiger partial charge in [-0.25, -0.2) is 0 Å². The second-order valence-corrected chi connectivity index (χ2v) is 19.9. The zero-order chi connectivity index (χ0) is 51.4. The van der Waals surface area contributed by atoms with E-state index in [9.17, 15) is 14.4 Å². The van der Waals surface area contributed by atoms with Crippen molar-refractivity contribution in [1.82, 2.24) is 0 Å². The van der Waals surface area contributed by atoms with Crippen molar-refractivity contribution >= 4 is 17.9 Å². The predicted molar refractivity (Wildman–Crippen MR) is 307 cm³/mol. The molecule has 0 aromatic heterocycles. The minimum atomic E-state index is -0.799. The molecule has 6 nitrogen and oxygen atoms in total. The highest BCUT2D eigenvalue weighted by molar-refractivity contribution is 5.71. The van der Waals surface area contributed by atoms with Crippen molar-refractivity contribution in [2.75, 3.05) is 13.2 Å². The van der Waals surface area contributed by atoms with Crippen LogP contribution in [0.5, 0.6) is 0 Å². The topological polar surface area (TPSA) is 78.9 Å². The molecule has 0 aliphatic heterocycles. The van der Waals surface area contributed by atoms with Gasteiger partial charge in [0.25, 0.3) is 0 Å². The second-order valence-electron chi connectivity index (χ2n) is 19.9. The average molecular weight is 990 g/mol. The zero-order valence-electron chi connectivity index (χ0n) is 46.7. The fraction of sp³-hybridized carbons (Fsp3) is 0.738. The van der Waals surface area contributed by atoms with E-state index >= 15 is 0 Å². The first kappa shape index (κ1) is 67.6. The van der Waals surface area contributed by atoms with E-state index in [1.807, 2.05) is 0 Å². The van der Waals surface area contributed by atoms with Crippen molar-refractivity contribution in [3.8, 4) is 0 Å². The van der Waals surface area contributed by atoms with Gasteiger partial charge >= 0.3 is 17.9 Å². The van der Waals surface area contributed by atoms with E-state index in [4.69, 9.17) is 14.2 Å². The van der Waals surface area contributed by atoms with Crippen molar-refractivity contribution in [3.05, 3.63) is 85.1 Å². The minimum absolute atomic E-state index is 0.0932. The van der Waals surface area contributed by atoms with E-state index in [0.717, 1.165) is 109 Å². The van der Waals surface area contributed by atoms with E-state index in [2.05, 4.69) is 106 Å². The highest BCUT2D eigenvalue weighted by atomic mass is 16.6. The van der Waals surface area contributed by atoms with Crippen LogP contribution in [0.1, 0.15) is 290 Å². The fourth-order valence-electron chi connectivity index (χ4n) is 8.27. The quantitative estimate of drug-likeness (QED) is 0.0261. The Morgan fingerprint density at radius 2 is 0.507 bits per heavy atom. The van der Waals surface area contributed by atoms with Crippen LogP contribution in [-0.4, -0.2) is 37.2 Å². The van der Waals surface area contributed by atoms with Gasteiger partial charge in [0.15, 0.2) is 6.10 Å². The van der Waals surface area contributed by atoms with Crippen molar-refractivity contribution in [3.63, 3.8) is 0 Å². The Labute approximate surface area is 439 Å². The molecule has 0 spiro atoms. The van der Waals surface area contributed by atoms with Crippen LogP contribution < -0.4 is 0 Å². The maximum atomic E-state index is 12.9. The molecule has 0 aromatic rings. The molecule has 1 atom stereocenters. The SMILES string of the molecule is CCCCC/C=C\C/C=C\C/C=C\C/C=C\CCCCCC(=O)OC[C@H](COC(=O)CCCCCCCCCCC/C=C\CCCCCCCC)OC(=O)CCCCCCC/C=C\C/C=C\CCCCC. The van der Waals surface area contributed by atoms with Crippen LogP contribution in [0, 0.1) is 0 Å². The van der Waals surface area contributed by atoms with Crippen molar-refractivity contribution in [2.24, 2.45) is 0 Å². The minimum Gasteiger partial charge on any atom is -0.462 e. The van der Waals surface area contributed by atoms with E-state index in [0.29, 0.717) is 19.3 Å². The van der Waals surface area contributed by atoms with Gasteiger partial charge in [0.1, 0.15) is 13.2 Å². The monoisotopic (exact) mass is 989 g/mol. The first-order valence-electron chi connectivity index (χ1n) is 30.1. The molecule has 71 heavy (non-hydrogen) atoms. The van der Waals surface area contributed by atoms with Crippen molar-refractivity contribution in [1.29, 1.82) is 0 Å². The molecule has 6 heteroatoms. The van der Waals surface area contributed by atoms with E-state index in [1.54, 1.807) is 0 Å². The Balaban J connectivity index is 4.44. The molecule has 0 fully saturated rings. The van der Waals surface area contributed by atoms with Crippen LogP contribution in [-0.2, 0) is 28.6 Å². The number of ether oxygens (including phenoxy) is 3. The molecule has 0 bridgehead atoms. The molecule has 0 saturated carbocycles. The Morgan fingerprint density at radius 3 is 0.845 bits per heavy atom. The molecule has 0 aromatic carbocycles. The molecular formula is C65H112O6. The molecule has 0 saturated heterocycles. The smallest absolute Gasteiger partial charge is 0.306 e. The van der Waals surface area contributed by atoms with Gasteiger partial charge in [-0.1, -0.05) is 234 Å². The van der Waals surface area contributed by atoms with Gasteiger partial charge in [0.05, 0.1) is 0 Å². The number of carbonyl (C=O) groups excluding carboxylic acids is 3. The summed E-state index contributed by atoms with van der Waals surface area (Å²) in [6.07, 6.45) is 77.1. The molecule has 408 valence electrons. The summed E-state index contributed by atoms with van der Waals surface area (Å²) in [6, 6.07) is 0. The Bertz CT molecular complexity index is 1370. The van der Waals surface area contributed by atoms with E-state index in [-0.39, 0.29) is 31.1 Å². The lowest BCUT2D eigenvalue weighted by Gasteiger charge is -2.18. The van der Waals surface area contributed by atoms with Crippen LogP contribution in [0.15, 0.2) is 85.1 Å². The molecule has 0 heterocycles. The summed E-state index contributed by atoms with van der Waals surface area (Å²) < 4.78 is 16.9. The molecular weight excluding hydrogens is 877 g/mol. The zero-order valence-corrected chi connectivity index (χ0v) is 46.7. The third kappa shape index (κ3) is 57.4. The lowest BCUT2D eigenvalue weighted by molar-refractivity contribution is -0.167. The molecule has 0 aliphatic carbocycles. The Kier molecular flexibility index (Phi) is 56.3. The summed E-state index contributed by atoms with van der Waals surface area (Å²) in [5, 5.41) is 0. The molecule has 0 unspecified atom stereocenters. The number of unbranched alkanes of at least 4 members (excludes halogenated alkanes) is 29. The normalized spacial score (nSPS) is 12.7. The van der Waals surface area contributed by atoms with Gasteiger partial charge in [0.2, 0.25) is 0 Å². The van der Waals surface area contributed by atoms with Crippen LogP contribution >= 0.6 is 0 Å². The lowest BCUT2D eigenvalue weighted by Crippen LogP contribution is -2.30. The lowest BCUT2D eigenvalue weighted by atomic mass is 10.1. The summed E-state index contributed by atoms with van der Waals surface area (Å²) >= 11 is 0. The van der Waals surface area contributed by atoms with E-state index < -0.39 is 6.10 Å². The van der Waals surface area contributed by atoms with Gasteiger partial charge in [0, 0.05) is 19.3 Å². The maximum Gasteiger partial charge on any atom is 0.306 e. The van der Waals surface area contributed by atoms with Gasteiger partial charge in [-0.3, -0.25) is 14.4 Å². The van der Waals surface area contributed by atoms with Gasteiger partial charge in [-0.2, -0.15) is 0 Å². The first-order valence-corrected chi connectivity index (χ1v) is 30.1. The molecule has 0 aliphatic rings. The summed E-state index contributed by atoms with van der Waals surface area (Å²) in [7, 11) is 0. The van der Waals surface area contributed by atoms with Crippen molar-refractivity contribution in [2.45, 2.75) is 297 Å². The molecule has 0 rings (SSSR count). The fourth-order valence-corrected chi connectivity index (χ4v) is 8.27. The largest absolute Gasteiger partial charge is 0.462 e. The van der Waals surface area contributed by atoms with Crippen LogP contribution in [0.3, 0.4) is 0 Å². The van der Waals surface area contributed by atoms with Crippen molar-refractivity contribution < 1.29 is 28.6 Å². The maximum absolute atomic E-state index is 12.9. The Hall–Kier alpha value is -3.41. The number of allylic oxidation sites excluding steroid dienone is 14. The second kappa shape index (κ2) is 59.2. The standard InChI is InChI=1S/C65H112O6/c1-4-7-10-13-16-19-22-25-28-30-32-34-37-39-42-45-48-51-54-57-63(66)69-60-62(71-65(68)59-56-53-50-47-44-41-36-27-24-21-18-15-12-9-6-3)61-70-64(67)58-55-52-49-46-43-40-38-35-33-31-29-26-23-20-17-14-11-8-5-2/h16,18-19,21,25-29,32,34,36,39,42,62H,4-15,17,20,22-24,30-31,33,35,37-38,40-41,43-61H2,1-3H3/b19-16-,21-18-,28-25-,29-26-,34-32-,36-27-,42-39-/t62-/m1/s1. The van der Waals surface area contributed by atoms with E-state index in [1.165, 1.54) is 141 Å². The van der Waals surface area contributed by atoms with Crippen LogP contribution in [0.4, 0.5) is 0 Å². The number of carbonyl (C=O) groups is 3. The third-order valence-corrected chi connectivity index (χ3v) is 12.8. The highest BCUT2D eigenvalue weighted by Crippen LogP contribution is 2.15. The van der Waals surface area contributed by atoms with Gasteiger partial charge in [-0.05, 0) is 122 Å². The predicted octanol–water partition coefficient (Wildman–Crippen LogP) is 20.3. The summed E-state index contributed by atoms with van der Waals surface area (Å²) in [6.45, 7) is 6.56. The van der Waals surface area contributed by atoms with Crippen LogP contribution in [0.2, 0.25) is 0 Å². The number of hydrogen-bond donors (Lipinski definition) is 0. The van der Waals surface area contributed by atoms with Crippen LogP contribution in [0.25, 0.3) is 0 Å². The molecule has 0 N–H and O–H groups in total. The average Bonchev–Trinajstić information content (AvgIpc) is 3.37. The number of hydrogen-bond acceptors (Lipinski definition) is 6. The number of esters is 3. The van der Waals surface area contributed by atoms with Gasteiger partial charge in [-0.15, -0.1) is 0 Å². The third-order valence-electron chi connectivity index (χ3n) is 12.8. The Morgan fingerprint density at radius 1 is 0.282 bits per heavy atom. The molecule has 0 amide bonds. The highest BCUT2D eigenvalue weighted by Gasteiger charge is 2.19. The first-order chi connectivity index (χ1) is 35.0. The number of rotatable bonds is 54. The summed E-state index contributed by atoms with van der Waals surface area (Å²) in [5.41, 5.74) is 0. The summed E-state index contributed by atoms with van der Waals surface area (Å²) in [5.74, 6) is -0.934. The summed E-state index contributed by atoms with van der Waals surface area (Å²) in [4.78, 5) is 38.2. The van der Waals surface area contributed by atoms with Gasteiger partial charge < -0.3 is 14.2 Å². The molecule has 0 radical (unpaired) electrons.